The van der Waals surface area contributed by atoms with Crippen molar-refractivity contribution in [2.24, 2.45) is 5.92 Å². The van der Waals surface area contributed by atoms with Crippen LogP contribution in [0.15, 0.2) is 23.1 Å². The molecule has 1 fully saturated rings. The van der Waals surface area contributed by atoms with Crippen LogP contribution in [-0.2, 0) is 14.6 Å². The molecule has 0 aliphatic carbocycles. The molecule has 2 heterocycles. The van der Waals surface area contributed by atoms with E-state index < -0.39 is 15.8 Å². The van der Waals surface area contributed by atoms with Crippen LogP contribution < -0.4 is 5.32 Å². The van der Waals surface area contributed by atoms with Gasteiger partial charge in [-0.3, -0.25) is 4.79 Å². The van der Waals surface area contributed by atoms with Gasteiger partial charge in [0.1, 0.15) is 0 Å². The van der Waals surface area contributed by atoms with Gasteiger partial charge in [-0.25, -0.2) is 8.42 Å². The van der Waals surface area contributed by atoms with E-state index in [1.807, 2.05) is 18.2 Å². The Morgan fingerprint density at radius 3 is 2.86 bits per heavy atom. The summed E-state index contributed by atoms with van der Waals surface area (Å²) in [6.45, 7) is 0. The van der Waals surface area contributed by atoms with Gasteiger partial charge in [0.25, 0.3) is 0 Å². The third-order valence-corrected chi connectivity index (χ3v) is 7.06. The van der Waals surface area contributed by atoms with Crippen LogP contribution in [0.25, 0.3) is 0 Å². The lowest BCUT2D eigenvalue weighted by Gasteiger charge is -2.27. The molecule has 2 aliphatic rings. The zero-order valence-electron chi connectivity index (χ0n) is 11.3. The lowest BCUT2D eigenvalue weighted by Crippen LogP contribution is -2.35. The van der Waals surface area contributed by atoms with Gasteiger partial charge in [0, 0.05) is 15.7 Å². The van der Waals surface area contributed by atoms with Crippen LogP contribution in [0.4, 0.5) is 0 Å². The van der Waals surface area contributed by atoms with Crippen LogP contribution in [0.3, 0.4) is 0 Å². The number of hydrogen-bond donors (Lipinski definition) is 1. The number of carbonyl (C=O) groups is 1. The average molecular weight is 346 g/mol. The summed E-state index contributed by atoms with van der Waals surface area (Å²) in [5.74, 6) is 0.463. The first kappa shape index (κ1) is 15.2. The maximum atomic E-state index is 12.3. The number of thioether (sulfide) groups is 1. The molecule has 0 unspecified atom stereocenters. The van der Waals surface area contributed by atoms with E-state index in [9.17, 15) is 13.2 Å². The summed E-state index contributed by atoms with van der Waals surface area (Å²) in [6.07, 6.45) is 1.27. The van der Waals surface area contributed by atoms with Crippen LogP contribution in [0, 0.1) is 5.92 Å². The van der Waals surface area contributed by atoms with Gasteiger partial charge in [-0.15, -0.1) is 11.8 Å². The molecule has 1 aromatic carbocycles. The second kappa shape index (κ2) is 5.82. The maximum absolute atomic E-state index is 12.3. The molecule has 4 nitrogen and oxygen atoms in total. The van der Waals surface area contributed by atoms with Crippen molar-refractivity contribution < 1.29 is 13.2 Å². The molecule has 1 aromatic rings. The van der Waals surface area contributed by atoms with Crippen molar-refractivity contribution in [2.45, 2.75) is 23.8 Å². The van der Waals surface area contributed by atoms with Crippen molar-refractivity contribution >= 4 is 39.1 Å². The molecule has 1 saturated heterocycles. The van der Waals surface area contributed by atoms with Crippen molar-refractivity contribution in [3.05, 3.63) is 28.8 Å². The van der Waals surface area contributed by atoms with Crippen molar-refractivity contribution in [1.29, 1.82) is 0 Å². The molecule has 0 bridgehead atoms. The van der Waals surface area contributed by atoms with Gasteiger partial charge in [0.2, 0.25) is 5.91 Å². The standard InChI is InChI=1S/C14H16ClNO3S2/c15-10-1-2-13-11(7-10)12(3-5-20-13)16-14(17)9-4-6-21(18,19)8-9/h1-2,7,9,12H,3-6,8H2,(H,16,17)/t9-,12-/m1/s1. The van der Waals surface area contributed by atoms with E-state index in [0.29, 0.717) is 11.4 Å². The highest BCUT2D eigenvalue weighted by Gasteiger charge is 2.34. The average Bonchev–Trinajstić information content (AvgIpc) is 2.80. The van der Waals surface area contributed by atoms with E-state index in [1.165, 1.54) is 0 Å². The Morgan fingerprint density at radius 2 is 2.14 bits per heavy atom. The first-order chi connectivity index (χ1) is 9.94. The fourth-order valence-electron chi connectivity index (χ4n) is 2.81. The quantitative estimate of drug-likeness (QED) is 0.894. The van der Waals surface area contributed by atoms with Gasteiger partial charge in [-0.05, 0) is 36.6 Å². The number of fused-ring (bicyclic) bond motifs is 1. The Balaban J connectivity index is 1.75. The molecule has 114 valence electrons. The van der Waals surface area contributed by atoms with E-state index in [4.69, 9.17) is 11.6 Å². The molecular formula is C14H16ClNO3S2. The van der Waals surface area contributed by atoms with Gasteiger partial charge in [0.05, 0.1) is 23.5 Å². The summed E-state index contributed by atoms with van der Waals surface area (Å²) in [5, 5.41) is 3.66. The van der Waals surface area contributed by atoms with E-state index in [0.717, 1.165) is 22.6 Å². The van der Waals surface area contributed by atoms with Crippen molar-refractivity contribution in [3.8, 4) is 0 Å². The first-order valence-corrected chi connectivity index (χ1v) is 10.1. The Hall–Kier alpha value is -0.720. The smallest absolute Gasteiger partial charge is 0.224 e. The molecule has 0 spiro atoms. The number of sulfone groups is 1. The molecule has 0 aromatic heterocycles. The van der Waals surface area contributed by atoms with Gasteiger partial charge in [0.15, 0.2) is 9.84 Å². The predicted molar refractivity (Wildman–Crippen MR) is 84.4 cm³/mol. The summed E-state index contributed by atoms with van der Waals surface area (Å²) in [6, 6.07) is 5.64. The molecule has 1 N–H and O–H groups in total. The summed E-state index contributed by atoms with van der Waals surface area (Å²) in [5.41, 5.74) is 1.04. The van der Waals surface area contributed by atoms with Crippen LogP contribution in [0.5, 0.6) is 0 Å². The molecule has 3 rings (SSSR count). The second-order valence-corrected chi connectivity index (χ2v) is 9.28. The number of rotatable bonds is 2. The van der Waals surface area contributed by atoms with Gasteiger partial charge >= 0.3 is 0 Å². The van der Waals surface area contributed by atoms with Crippen LogP contribution in [-0.4, -0.2) is 31.6 Å². The second-order valence-electron chi connectivity index (χ2n) is 5.48. The minimum Gasteiger partial charge on any atom is -0.349 e. The monoisotopic (exact) mass is 345 g/mol. The van der Waals surface area contributed by atoms with E-state index in [-0.39, 0.29) is 23.5 Å². The lowest BCUT2D eigenvalue weighted by molar-refractivity contribution is -0.125. The summed E-state index contributed by atoms with van der Waals surface area (Å²) in [7, 11) is -3.03. The molecule has 7 heteroatoms. The first-order valence-electron chi connectivity index (χ1n) is 6.88. The zero-order valence-corrected chi connectivity index (χ0v) is 13.7. The van der Waals surface area contributed by atoms with Gasteiger partial charge in [-0.2, -0.15) is 0 Å². The fraction of sp³-hybridized carbons (Fsp3) is 0.500. The Bertz CT molecular complexity index is 675. The third-order valence-electron chi connectivity index (χ3n) is 3.93. The van der Waals surface area contributed by atoms with Crippen LogP contribution in [0.1, 0.15) is 24.4 Å². The SMILES string of the molecule is O=C(N[C@@H]1CCSc2ccc(Cl)cc21)[C@@H]1CCS(=O)(=O)C1. The summed E-state index contributed by atoms with van der Waals surface area (Å²) in [4.78, 5) is 13.4. The van der Waals surface area contributed by atoms with Gasteiger partial charge in [-0.1, -0.05) is 11.6 Å². The topological polar surface area (TPSA) is 63.2 Å². The van der Waals surface area contributed by atoms with Crippen molar-refractivity contribution in [3.63, 3.8) is 0 Å². The molecule has 0 saturated carbocycles. The zero-order chi connectivity index (χ0) is 15.0. The van der Waals surface area contributed by atoms with Gasteiger partial charge < -0.3 is 5.32 Å². The number of carbonyl (C=O) groups excluding carboxylic acids is 1. The minimum absolute atomic E-state index is 0.0251. The lowest BCUT2D eigenvalue weighted by atomic mass is 10.0. The molecule has 2 atom stereocenters. The Labute approximate surface area is 133 Å². The van der Waals surface area contributed by atoms with Crippen LogP contribution >= 0.6 is 23.4 Å². The molecule has 0 radical (unpaired) electrons. The predicted octanol–water partition coefficient (Wildman–Crippen LogP) is 2.43. The number of hydrogen-bond acceptors (Lipinski definition) is 4. The third kappa shape index (κ3) is 3.38. The number of halogens is 1. The minimum atomic E-state index is -3.03. The normalized spacial score (nSPS) is 27.1. The maximum Gasteiger partial charge on any atom is 0.224 e. The van der Waals surface area contributed by atoms with E-state index in [1.54, 1.807) is 11.8 Å². The molecule has 21 heavy (non-hydrogen) atoms. The summed E-state index contributed by atoms with van der Waals surface area (Å²) < 4.78 is 23.0. The fourth-order valence-corrected chi connectivity index (χ4v) is 5.83. The van der Waals surface area contributed by atoms with E-state index >= 15 is 0 Å². The molecular weight excluding hydrogens is 330 g/mol. The Kier molecular flexibility index (Phi) is 4.21. The van der Waals surface area contributed by atoms with Crippen molar-refractivity contribution in [2.75, 3.05) is 17.3 Å². The van der Waals surface area contributed by atoms with Crippen molar-refractivity contribution in [1.82, 2.24) is 5.32 Å². The largest absolute Gasteiger partial charge is 0.349 e. The highest BCUT2D eigenvalue weighted by atomic mass is 35.5. The Morgan fingerprint density at radius 1 is 1.33 bits per heavy atom. The molecule has 2 aliphatic heterocycles. The highest BCUT2D eigenvalue weighted by molar-refractivity contribution is 7.99. The van der Waals surface area contributed by atoms with E-state index in [2.05, 4.69) is 5.32 Å². The van der Waals surface area contributed by atoms with Crippen LogP contribution in [0.2, 0.25) is 5.02 Å². The number of amides is 1. The number of benzene rings is 1. The summed E-state index contributed by atoms with van der Waals surface area (Å²) >= 11 is 7.80. The number of nitrogens with one attached hydrogen (secondary N) is 1. The highest BCUT2D eigenvalue weighted by Crippen LogP contribution is 2.37. The molecule has 1 amide bonds.